The van der Waals surface area contributed by atoms with E-state index in [1.807, 2.05) is 17.5 Å². The number of thiophene rings is 1. The predicted molar refractivity (Wildman–Crippen MR) is 103 cm³/mol. The predicted octanol–water partition coefficient (Wildman–Crippen LogP) is 2.38. The lowest BCUT2D eigenvalue weighted by molar-refractivity contribution is 0.0951. The van der Waals surface area contributed by atoms with E-state index in [1.165, 1.54) is 22.2 Å². The molecule has 0 fully saturated rings. The molecule has 0 aliphatic heterocycles. The number of halogens is 1. The number of amides is 1. The highest BCUT2D eigenvalue weighted by Gasteiger charge is 2.25. The molecule has 3 heterocycles. The molecule has 4 aromatic rings. The Labute approximate surface area is 166 Å². The van der Waals surface area contributed by atoms with Crippen LogP contribution in [0.3, 0.4) is 0 Å². The molecule has 0 bridgehead atoms. The Kier molecular flexibility index (Phi) is 4.83. The number of hydrazone groups is 1. The minimum atomic E-state index is -0.553. The van der Waals surface area contributed by atoms with Crippen LogP contribution in [0.15, 0.2) is 51.5 Å². The maximum atomic E-state index is 12.6. The minimum Gasteiger partial charge on any atom is -0.378 e. The second kappa shape index (κ2) is 7.58. The van der Waals surface area contributed by atoms with E-state index in [9.17, 15) is 4.79 Å². The Morgan fingerprint density at radius 2 is 2.21 bits per heavy atom. The average Bonchev–Trinajstić information content (AvgIpc) is 3.41. The molecule has 10 nitrogen and oxygen atoms in total. The Morgan fingerprint density at radius 3 is 2.93 bits per heavy atom. The van der Waals surface area contributed by atoms with Gasteiger partial charge in [-0.05, 0) is 39.5 Å². The van der Waals surface area contributed by atoms with Gasteiger partial charge in [0.1, 0.15) is 5.69 Å². The molecule has 12 heteroatoms. The Balaban J connectivity index is 1.65. The first-order chi connectivity index (χ1) is 13.6. The summed E-state index contributed by atoms with van der Waals surface area (Å²) in [4.78, 5) is 13.4. The van der Waals surface area contributed by atoms with Gasteiger partial charge in [-0.15, -0.1) is 16.4 Å². The summed E-state index contributed by atoms with van der Waals surface area (Å²) < 4.78 is 5.92. The number of rotatable bonds is 5. The van der Waals surface area contributed by atoms with Gasteiger partial charge in [0.25, 0.3) is 5.91 Å². The van der Waals surface area contributed by atoms with E-state index in [1.54, 1.807) is 24.3 Å². The van der Waals surface area contributed by atoms with Crippen LogP contribution in [-0.2, 0) is 0 Å². The monoisotopic (exact) mass is 414 g/mol. The zero-order valence-corrected chi connectivity index (χ0v) is 15.6. The molecular weight excluding hydrogens is 404 g/mol. The third-order valence-corrected chi connectivity index (χ3v) is 4.68. The number of nitrogens with one attached hydrogen (secondary N) is 1. The van der Waals surface area contributed by atoms with Gasteiger partial charge in [0.2, 0.25) is 11.6 Å². The fraction of sp³-hybridized carbons (Fsp3) is 0. The largest absolute Gasteiger partial charge is 0.378 e. The van der Waals surface area contributed by atoms with Gasteiger partial charge in [0.05, 0.1) is 11.1 Å². The molecular formula is C16H11ClN8O2S. The number of aromatic nitrogens is 5. The quantitative estimate of drug-likeness (QED) is 0.377. The number of nitrogen functional groups attached to an aromatic ring is 1. The Morgan fingerprint density at radius 1 is 1.32 bits per heavy atom. The summed E-state index contributed by atoms with van der Waals surface area (Å²) in [6, 6.07) is 10.7. The van der Waals surface area contributed by atoms with Crippen LogP contribution in [-0.4, -0.2) is 37.4 Å². The lowest BCUT2D eigenvalue weighted by atomic mass is 10.2. The molecule has 0 aliphatic rings. The van der Waals surface area contributed by atoms with Crippen molar-refractivity contribution >= 4 is 40.9 Å². The summed E-state index contributed by atoms with van der Waals surface area (Å²) >= 11 is 7.32. The van der Waals surface area contributed by atoms with Crippen LogP contribution in [0.25, 0.3) is 16.4 Å². The fourth-order valence-electron chi connectivity index (χ4n) is 2.36. The van der Waals surface area contributed by atoms with Gasteiger partial charge in [-0.2, -0.15) is 9.78 Å². The van der Waals surface area contributed by atoms with E-state index in [4.69, 9.17) is 17.3 Å². The van der Waals surface area contributed by atoms with Crippen molar-refractivity contribution in [3.8, 4) is 16.4 Å². The maximum absolute atomic E-state index is 12.6. The molecule has 0 atom stereocenters. The number of carbonyl (C=O) groups excluding carboxylic acids is 1. The van der Waals surface area contributed by atoms with Crippen molar-refractivity contribution in [3.63, 3.8) is 0 Å². The minimum absolute atomic E-state index is 0.0219. The first-order valence-corrected chi connectivity index (χ1v) is 9.06. The Bertz CT molecular complexity index is 1150. The molecule has 140 valence electrons. The number of anilines is 1. The second-order valence-electron chi connectivity index (χ2n) is 5.40. The topological polar surface area (TPSA) is 137 Å². The second-order valence-corrected chi connectivity index (χ2v) is 6.79. The third-order valence-electron chi connectivity index (χ3n) is 3.56. The van der Waals surface area contributed by atoms with Gasteiger partial charge in [-0.25, -0.2) is 10.1 Å². The van der Waals surface area contributed by atoms with Crippen molar-refractivity contribution in [1.29, 1.82) is 0 Å². The van der Waals surface area contributed by atoms with Crippen LogP contribution in [0, 0.1) is 0 Å². The average molecular weight is 415 g/mol. The van der Waals surface area contributed by atoms with Crippen LogP contribution in [0.1, 0.15) is 16.1 Å². The van der Waals surface area contributed by atoms with E-state index in [0.29, 0.717) is 10.7 Å². The van der Waals surface area contributed by atoms with E-state index >= 15 is 0 Å². The molecule has 28 heavy (non-hydrogen) atoms. The lowest BCUT2D eigenvalue weighted by Gasteiger charge is -2.03. The number of nitrogens with zero attached hydrogens (tertiary/aromatic N) is 6. The third kappa shape index (κ3) is 3.48. The lowest BCUT2D eigenvalue weighted by Crippen LogP contribution is -2.19. The van der Waals surface area contributed by atoms with Crippen LogP contribution in [0.2, 0.25) is 5.02 Å². The summed E-state index contributed by atoms with van der Waals surface area (Å²) in [6.45, 7) is 0. The summed E-state index contributed by atoms with van der Waals surface area (Å²) in [6.07, 6.45) is 1.47. The van der Waals surface area contributed by atoms with Gasteiger partial charge in [-0.3, -0.25) is 4.79 Å². The zero-order valence-electron chi connectivity index (χ0n) is 14.0. The highest BCUT2D eigenvalue weighted by atomic mass is 35.5. The zero-order chi connectivity index (χ0) is 19.5. The van der Waals surface area contributed by atoms with Crippen LogP contribution >= 0.6 is 22.9 Å². The summed E-state index contributed by atoms with van der Waals surface area (Å²) in [5.74, 6) is -0.394. The first kappa shape index (κ1) is 17.8. The number of carbonyl (C=O) groups is 1. The molecule has 0 saturated carbocycles. The van der Waals surface area contributed by atoms with Crippen LogP contribution < -0.4 is 11.2 Å². The number of nitrogens with two attached hydrogens (primary N) is 1. The highest BCUT2D eigenvalue weighted by molar-refractivity contribution is 7.13. The van der Waals surface area contributed by atoms with E-state index in [-0.39, 0.29) is 17.3 Å². The van der Waals surface area contributed by atoms with E-state index in [2.05, 4.69) is 35.8 Å². The molecule has 0 aliphatic carbocycles. The van der Waals surface area contributed by atoms with Crippen molar-refractivity contribution in [1.82, 2.24) is 30.7 Å². The van der Waals surface area contributed by atoms with Crippen LogP contribution in [0.5, 0.6) is 0 Å². The summed E-state index contributed by atoms with van der Waals surface area (Å²) in [5, 5.41) is 21.5. The fourth-order valence-corrected chi connectivity index (χ4v) is 3.31. The maximum Gasteiger partial charge on any atom is 0.294 e. The van der Waals surface area contributed by atoms with Gasteiger partial charge >= 0.3 is 0 Å². The summed E-state index contributed by atoms with van der Waals surface area (Å²) in [7, 11) is 0. The van der Waals surface area contributed by atoms with Gasteiger partial charge < -0.3 is 5.73 Å². The van der Waals surface area contributed by atoms with E-state index in [0.717, 1.165) is 10.4 Å². The Hall–Kier alpha value is -3.57. The molecule has 0 saturated heterocycles. The van der Waals surface area contributed by atoms with Crippen molar-refractivity contribution in [2.45, 2.75) is 0 Å². The first-order valence-electron chi connectivity index (χ1n) is 7.80. The number of benzene rings is 1. The molecule has 0 spiro atoms. The molecule has 1 amide bonds. The molecule has 4 rings (SSSR count). The highest BCUT2D eigenvalue weighted by Crippen LogP contribution is 2.29. The van der Waals surface area contributed by atoms with Gasteiger partial charge in [0, 0.05) is 5.02 Å². The van der Waals surface area contributed by atoms with Crippen molar-refractivity contribution in [3.05, 3.63) is 58.1 Å². The normalized spacial score (nSPS) is 11.2. The molecule has 3 aromatic heterocycles. The number of hydrogen-bond acceptors (Lipinski definition) is 9. The molecule has 3 N–H and O–H groups in total. The standard InChI is InChI=1S/C16H11ClN8O2S/c17-10-4-1-3-9(7-10)8-19-21-16(26)12-13(11-5-2-6-28-11)25(24-20-12)15-14(18)22-27-23-15/h1-8H,(H2,18,22)(H,21,26). The molecule has 0 unspecified atom stereocenters. The van der Waals surface area contributed by atoms with Crippen molar-refractivity contribution < 1.29 is 9.42 Å². The van der Waals surface area contributed by atoms with Gasteiger partial charge in [0.15, 0.2) is 5.69 Å². The summed E-state index contributed by atoms with van der Waals surface area (Å²) in [5.41, 5.74) is 9.36. The molecule has 1 aromatic carbocycles. The van der Waals surface area contributed by atoms with Crippen LogP contribution in [0.4, 0.5) is 5.82 Å². The van der Waals surface area contributed by atoms with Crippen molar-refractivity contribution in [2.75, 3.05) is 5.73 Å². The number of hydrogen-bond donors (Lipinski definition) is 2. The van der Waals surface area contributed by atoms with Crippen molar-refractivity contribution in [2.24, 2.45) is 5.10 Å². The SMILES string of the molecule is Nc1nonc1-n1nnc(C(=O)NN=Cc2cccc(Cl)c2)c1-c1cccs1. The molecule has 0 radical (unpaired) electrons. The van der Waals surface area contributed by atoms with Gasteiger partial charge in [-0.1, -0.05) is 35.0 Å². The van der Waals surface area contributed by atoms with E-state index < -0.39 is 5.91 Å². The smallest absolute Gasteiger partial charge is 0.294 e.